The molecule has 0 unspecified atom stereocenters. The topological polar surface area (TPSA) is 71.9 Å². The molecule has 6 heteroatoms. The summed E-state index contributed by atoms with van der Waals surface area (Å²) in [5.41, 5.74) is 0.559. The van der Waals surface area contributed by atoms with Gasteiger partial charge in [-0.15, -0.1) is 0 Å². The fourth-order valence-corrected chi connectivity index (χ4v) is 2.32. The van der Waals surface area contributed by atoms with Gasteiger partial charge in [-0.05, 0) is 25.2 Å². The lowest BCUT2D eigenvalue weighted by molar-refractivity contribution is 0.0594. The largest absolute Gasteiger partial charge is 0.507 e. The molecule has 124 valence electrons. The van der Waals surface area contributed by atoms with Crippen LogP contribution in [-0.2, 0) is 4.74 Å². The predicted octanol–water partition coefficient (Wildman–Crippen LogP) is 2.45. The van der Waals surface area contributed by atoms with Crippen LogP contribution in [0.5, 0.6) is 11.5 Å². The van der Waals surface area contributed by atoms with E-state index in [-0.39, 0.29) is 11.4 Å². The van der Waals surface area contributed by atoms with Gasteiger partial charge in [0.25, 0.3) is 0 Å². The Morgan fingerprint density at radius 2 is 2.00 bits per heavy atom. The molecule has 0 bridgehead atoms. The van der Waals surface area contributed by atoms with Gasteiger partial charge in [0.05, 0.1) is 12.6 Å². The Bertz CT molecular complexity index is 684. The van der Waals surface area contributed by atoms with Crippen LogP contribution in [0.1, 0.15) is 24.3 Å². The summed E-state index contributed by atoms with van der Waals surface area (Å²) in [5.74, 6) is 0.0544. The van der Waals surface area contributed by atoms with Crippen molar-refractivity contribution in [3.05, 3.63) is 30.0 Å². The van der Waals surface area contributed by atoms with E-state index in [1.807, 2.05) is 0 Å². The number of aromatic hydroxyl groups is 1. The van der Waals surface area contributed by atoms with Crippen molar-refractivity contribution in [1.82, 2.24) is 9.88 Å². The van der Waals surface area contributed by atoms with E-state index in [1.165, 1.54) is 13.2 Å². The average molecular weight is 318 g/mol. The molecule has 2 aromatic rings. The van der Waals surface area contributed by atoms with Gasteiger partial charge in [-0.1, -0.05) is 13.8 Å². The third-order valence-electron chi connectivity index (χ3n) is 3.72. The molecule has 1 heterocycles. The molecule has 6 nitrogen and oxygen atoms in total. The van der Waals surface area contributed by atoms with Crippen LogP contribution in [-0.4, -0.2) is 54.3 Å². The van der Waals surface area contributed by atoms with Crippen LogP contribution in [0, 0.1) is 0 Å². The number of likely N-dealkylation sites (N-methyl/N-ethyl adjacent to an activating group) is 1. The first-order valence-corrected chi connectivity index (χ1v) is 7.66. The Hall–Kier alpha value is -2.34. The number of hydrogen-bond donors (Lipinski definition) is 1. The lowest BCUT2D eigenvalue weighted by Gasteiger charge is -2.18. The number of hydrogen-bond acceptors (Lipinski definition) is 6. The highest BCUT2D eigenvalue weighted by molar-refractivity contribution is 5.94. The van der Waals surface area contributed by atoms with Crippen LogP contribution < -0.4 is 4.74 Å². The van der Waals surface area contributed by atoms with Crippen LogP contribution in [0.4, 0.5) is 0 Å². The van der Waals surface area contributed by atoms with E-state index in [0.717, 1.165) is 19.6 Å². The minimum Gasteiger partial charge on any atom is -0.507 e. The van der Waals surface area contributed by atoms with E-state index >= 15 is 0 Å². The number of ether oxygens (including phenoxy) is 2. The molecule has 0 aliphatic heterocycles. The summed E-state index contributed by atoms with van der Waals surface area (Å²) in [5, 5.41) is 10.6. The summed E-state index contributed by atoms with van der Waals surface area (Å²) >= 11 is 0. The van der Waals surface area contributed by atoms with Crippen molar-refractivity contribution >= 4 is 16.9 Å². The molecule has 0 saturated heterocycles. The van der Waals surface area contributed by atoms with Gasteiger partial charge in [0.2, 0.25) is 0 Å². The maximum absolute atomic E-state index is 11.6. The molecule has 0 amide bonds. The number of nitrogens with zero attached hydrogens (tertiary/aromatic N) is 2. The fourth-order valence-electron chi connectivity index (χ4n) is 2.32. The molecule has 1 N–H and O–H groups in total. The summed E-state index contributed by atoms with van der Waals surface area (Å²) in [6.07, 6.45) is 0. The highest BCUT2D eigenvalue weighted by atomic mass is 16.5. The summed E-state index contributed by atoms with van der Waals surface area (Å²) in [6.45, 7) is 7.59. The Kier molecular flexibility index (Phi) is 5.76. The van der Waals surface area contributed by atoms with Crippen LogP contribution in [0.25, 0.3) is 10.9 Å². The minimum atomic E-state index is -0.588. The molecule has 0 atom stereocenters. The first-order valence-electron chi connectivity index (χ1n) is 7.66. The molecule has 0 fully saturated rings. The number of carbonyl (C=O) groups excluding carboxylic acids is 1. The third kappa shape index (κ3) is 4.10. The quantitative estimate of drug-likeness (QED) is 0.791. The van der Waals surface area contributed by atoms with Crippen molar-refractivity contribution in [2.45, 2.75) is 13.8 Å². The van der Waals surface area contributed by atoms with Gasteiger partial charge in [-0.25, -0.2) is 9.78 Å². The second kappa shape index (κ2) is 7.78. The maximum atomic E-state index is 11.6. The van der Waals surface area contributed by atoms with Crippen molar-refractivity contribution in [2.75, 3.05) is 33.4 Å². The third-order valence-corrected chi connectivity index (χ3v) is 3.72. The van der Waals surface area contributed by atoms with E-state index in [9.17, 15) is 9.90 Å². The van der Waals surface area contributed by atoms with Crippen molar-refractivity contribution < 1.29 is 19.4 Å². The van der Waals surface area contributed by atoms with Gasteiger partial charge in [0, 0.05) is 24.1 Å². The van der Waals surface area contributed by atoms with E-state index in [1.54, 1.807) is 18.2 Å². The first-order chi connectivity index (χ1) is 11.1. The van der Waals surface area contributed by atoms with Crippen LogP contribution in [0.3, 0.4) is 0 Å². The van der Waals surface area contributed by atoms with E-state index in [4.69, 9.17) is 4.74 Å². The van der Waals surface area contributed by atoms with E-state index in [2.05, 4.69) is 28.5 Å². The number of aromatic nitrogens is 1. The first kappa shape index (κ1) is 17.0. The van der Waals surface area contributed by atoms with E-state index < -0.39 is 5.97 Å². The molecular formula is C17H22N2O4. The second-order valence-electron chi connectivity index (χ2n) is 5.07. The Balaban J connectivity index is 2.18. The highest BCUT2D eigenvalue weighted by Gasteiger charge is 2.12. The van der Waals surface area contributed by atoms with Crippen LogP contribution >= 0.6 is 0 Å². The molecule has 2 rings (SSSR count). The molecular weight excluding hydrogens is 296 g/mol. The second-order valence-corrected chi connectivity index (χ2v) is 5.07. The summed E-state index contributed by atoms with van der Waals surface area (Å²) in [6, 6.07) is 6.52. The maximum Gasteiger partial charge on any atom is 0.356 e. The molecule has 0 aliphatic rings. The van der Waals surface area contributed by atoms with Gasteiger partial charge >= 0.3 is 5.97 Å². The smallest absolute Gasteiger partial charge is 0.356 e. The van der Waals surface area contributed by atoms with Crippen molar-refractivity contribution in [1.29, 1.82) is 0 Å². The molecule has 0 radical (unpaired) electrons. The molecule has 1 aromatic carbocycles. The van der Waals surface area contributed by atoms with Crippen molar-refractivity contribution in [2.24, 2.45) is 0 Å². The van der Waals surface area contributed by atoms with Crippen LogP contribution in [0.15, 0.2) is 24.3 Å². The van der Waals surface area contributed by atoms with Gasteiger partial charge in [0.15, 0.2) is 5.69 Å². The predicted molar refractivity (Wildman–Crippen MR) is 88.0 cm³/mol. The Morgan fingerprint density at radius 3 is 2.65 bits per heavy atom. The summed E-state index contributed by atoms with van der Waals surface area (Å²) in [4.78, 5) is 18.1. The van der Waals surface area contributed by atoms with Gasteiger partial charge in [0.1, 0.15) is 18.1 Å². The Labute approximate surface area is 135 Å². The highest BCUT2D eigenvalue weighted by Crippen LogP contribution is 2.27. The van der Waals surface area contributed by atoms with E-state index in [0.29, 0.717) is 23.3 Å². The zero-order chi connectivity index (χ0) is 16.8. The number of fused-ring (bicyclic) bond motifs is 1. The summed E-state index contributed by atoms with van der Waals surface area (Å²) in [7, 11) is 1.28. The number of carbonyl (C=O) groups is 1. The zero-order valence-corrected chi connectivity index (χ0v) is 13.7. The molecule has 0 aliphatic carbocycles. The minimum absolute atomic E-state index is 0.00917. The average Bonchev–Trinajstić information content (AvgIpc) is 2.57. The standard InChI is InChI=1S/C17H22N2O4/c1-4-19(5-2)8-9-23-12-6-7-13-14(10-12)18-15(11-16(13)20)17(21)22-3/h6-7,10-11H,4-5,8-9H2,1-3H3,(H,18,20). The van der Waals surface area contributed by atoms with Crippen molar-refractivity contribution in [3.63, 3.8) is 0 Å². The van der Waals surface area contributed by atoms with Crippen LogP contribution in [0.2, 0.25) is 0 Å². The zero-order valence-electron chi connectivity index (χ0n) is 13.7. The normalized spacial score (nSPS) is 11.0. The SMILES string of the molecule is CCN(CC)CCOc1ccc2c(O)cc(C(=O)OC)nc2c1. The fraction of sp³-hybridized carbons (Fsp3) is 0.412. The number of pyridine rings is 1. The number of benzene rings is 1. The van der Waals surface area contributed by atoms with Crippen molar-refractivity contribution in [3.8, 4) is 11.5 Å². The molecule has 23 heavy (non-hydrogen) atoms. The number of rotatable bonds is 7. The van der Waals surface area contributed by atoms with Gasteiger partial charge in [-0.3, -0.25) is 0 Å². The molecule has 0 spiro atoms. The summed E-state index contributed by atoms with van der Waals surface area (Å²) < 4.78 is 10.4. The molecule has 0 saturated carbocycles. The monoisotopic (exact) mass is 318 g/mol. The number of methoxy groups -OCH3 is 1. The lowest BCUT2D eigenvalue weighted by atomic mass is 10.1. The van der Waals surface area contributed by atoms with Gasteiger partial charge in [-0.2, -0.15) is 0 Å². The molecule has 1 aromatic heterocycles. The Morgan fingerprint density at radius 1 is 1.26 bits per heavy atom. The lowest BCUT2D eigenvalue weighted by Crippen LogP contribution is -2.27. The number of esters is 1. The van der Waals surface area contributed by atoms with Gasteiger partial charge < -0.3 is 19.5 Å².